The Hall–Kier alpha value is -1.62. The van der Waals surface area contributed by atoms with Crippen LogP contribution in [0.2, 0.25) is 0 Å². The molecule has 1 saturated heterocycles. The number of likely N-dealkylation sites (tertiary alicyclic amines) is 1. The predicted molar refractivity (Wildman–Crippen MR) is 83.1 cm³/mol. The molecule has 21 heavy (non-hydrogen) atoms. The van der Waals surface area contributed by atoms with E-state index in [0.717, 1.165) is 19.6 Å². The van der Waals surface area contributed by atoms with Crippen molar-refractivity contribution in [2.45, 2.75) is 51.6 Å². The van der Waals surface area contributed by atoms with Crippen LogP contribution in [0, 0.1) is 0 Å². The van der Waals surface area contributed by atoms with Crippen LogP contribution in [0.15, 0.2) is 24.5 Å². The van der Waals surface area contributed by atoms with Crippen LogP contribution in [0.1, 0.15) is 51.0 Å². The van der Waals surface area contributed by atoms with Gasteiger partial charge in [-0.25, -0.2) is 0 Å². The first-order valence-corrected chi connectivity index (χ1v) is 7.83. The molecule has 1 N–H and O–H groups in total. The molecule has 2 aromatic rings. The van der Waals surface area contributed by atoms with E-state index in [4.69, 9.17) is 0 Å². The largest absolute Gasteiger partial charge is 0.297 e. The van der Waals surface area contributed by atoms with E-state index in [-0.39, 0.29) is 5.41 Å². The van der Waals surface area contributed by atoms with E-state index in [9.17, 15) is 0 Å². The number of H-pyrrole nitrogens is 1. The molecule has 0 aliphatic carbocycles. The van der Waals surface area contributed by atoms with Gasteiger partial charge in [-0.05, 0) is 51.9 Å². The van der Waals surface area contributed by atoms with E-state index in [2.05, 4.69) is 57.8 Å². The van der Waals surface area contributed by atoms with Crippen LogP contribution in [-0.2, 0) is 12.0 Å². The normalized spacial score (nSPS) is 19.2. The van der Waals surface area contributed by atoms with Gasteiger partial charge in [0.25, 0.3) is 0 Å². The van der Waals surface area contributed by atoms with Crippen molar-refractivity contribution in [3.8, 4) is 0 Å². The van der Waals surface area contributed by atoms with Gasteiger partial charge < -0.3 is 0 Å². The maximum absolute atomic E-state index is 4.43. The fraction of sp³-hybridized carbons (Fsp3) is 0.625. The van der Waals surface area contributed by atoms with Crippen molar-refractivity contribution in [1.82, 2.24) is 24.9 Å². The van der Waals surface area contributed by atoms with E-state index in [1.54, 1.807) is 0 Å². The highest BCUT2D eigenvalue weighted by atomic mass is 15.3. The maximum Gasteiger partial charge on any atom is 0.0527 e. The van der Waals surface area contributed by atoms with E-state index in [1.807, 2.05) is 12.4 Å². The average Bonchev–Trinajstić information content (AvgIpc) is 3.12. The second-order valence-electron chi connectivity index (χ2n) is 6.67. The molecule has 0 amide bonds. The Morgan fingerprint density at radius 2 is 2.00 bits per heavy atom. The number of hydrogen-bond donors (Lipinski definition) is 1. The lowest BCUT2D eigenvalue weighted by atomic mass is 9.77. The van der Waals surface area contributed by atoms with Gasteiger partial charge in [-0.1, -0.05) is 6.92 Å². The summed E-state index contributed by atoms with van der Waals surface area (Å²) in [7, 11) is 0. The molecule has 0 saturated carbocycles. The Kier molecular flexibility index (Phi) is 3.85. The van der Waals surface area contributed by atoms with Gasteiger partial charge in [-0.2, -0.15) is 10.2 Å². The molecule has 0 aromatic carbocycles. The van der Waals surface area contributed by atoms with Gasteiger partial charge in [0.2, 0.25) is 0 Å². The highest BCUT2D eigenvalue weighted by molar-refractivity contribution is 5.15. The smallest absolute Gasteiger partial charge is 0.0527 e. The Balaban J connectivity index is 1.62. The molecular weight excluding hydrogens is 262 g/mol. The summed E-state index contributed by atoms with van der Waals surface area (Å²) in [5.41, 5.74) is 2.83. The molecule has 114 valence electrons. The molecule has 2 aromatic heterocycles. The summed E-state index contributed by atoms with van der Waals surface area (Å²) in [6.45, 7) is 9.95. The minimum absolute atomic E-state index is 0.241. The number of hydrogen-bond acceptors (Lipinski definition) is 3. The molecular formula is C16H25N5. The van der Waals surface area contributed by atoms with Gasteiger partial charge in [0, 0.05) is 36.1 Å². The minimum atomic E-state index is 0.241. The monoisotopic (exact) mass is 287 g/mol. The quantitative estimate of drug-likeness (QED) is 0.940. The van der Waals surface area contributed by atoms with Crippen LogP contribution >= 0.6 is 0 Å². The van der Waals surface area contributed by atoms with Crippen molar-refractivity contribution in [2.75, 3.05) is 13.1 Å². The predicted octanol–water partition coefficient (Wildman–Crippen LogP) is 2.74. The van der Waals surface area contributed by atoms with Crippen LogP contribution in [0.3, 0.4) is 0 Å². The lowest BCUT2D eigenvalue weighted by Crippen LogP contribution is -2.41. The lowest BCUT2D eigenvalue weighted by Gasteiger charge is -2.38. The molecule has 0 spiro atoms. The van der Waals surface area contributed by atoms with E-state index < -0.39 is 0 Å². The topological polar surface area (TPSA) is 49.7 Å². The summed E-state index contributed by atoms with van der Waals surface area (Å²) in [4.78, 5) is 2.54. The number of rotatable bonds is 4. The third-order valence-corrected chi connectivity index (χ3v) is 4.74. The van der Waals surface area contributed by atoms with Crippen molar-refractivity contribution in [2.24, 2.45) is 0 Å². The van der Waals surface area contributed by atoms with Crippen LogP contribution in [0.5, 0.6) is 0 Å². The molecule has 1 aliphatic heterocycles. The molecule has 5 nitrogen and oxygen atoms in total. The summed E-state index contributed by atoms with van der Waals surface area (Å²) >= 11 is 0. The number of piperidine rings is 1. The maximum atomic E-state index is 4.43. The SMILES string of the molecule is CC(C)n1nccc1CN1CCC(C)(c2ccn[nH]2)CC1. The van der Waals surface area contributed by atoms with Crippen molar-refractivity contribution < 1.29 is 0 Å². The molecule has 3 heterocycles. The number of aromatic nitrogens is 4. The van der Waals surface area contributed by atoms with Gasteiger partial charge in [-0.3, -0.25) is 14.7 Å². The van der Waals surface area contributed by atoms with Gasteiger partial charge in [0.1, 0.15) is 0 Å². The Labute approximate surface area is 126 Å². The van der Waals surface area contributed by atoms with Gasteiger partial charge in [0.15, 0.2) is 0 Å². The standard InChI is InChI=1S/C16H25N5/c1-13(2)21-14(4-9-18-21)12-20-10-6-16(3,7-11-20)15-5-8-17-19-15/h4-5,8-9,13H,6-7,10-12H2,1-3H3,(H,17,19). The van der Waals surface area contributed by atoms with Gasteiger partial charge in [-0.15, -0.1) is 0 Å². The third-order valence-electron chi connectivity index (χ3n) is 4.74. The van der Waals surface area contributed by atoms with Crippen LogP contribution in [0.25, 0.3) is 0 Å². The molecule has 0 atom stereocenters. The Morgan fingerprint density at radius 3 is 2.62 bits per heavy atom. The van der Waals surface area contributed by atoms with Crippen molar-refractivity contribution >= 4 is 0 Å². The molecule has 3 rings (SSSR count). The van der Waals surface area contributed by atoms with E-state index >= 15 is 0 Å². The fourth-order valence-electron chi connectivity index (χ4n) is 3.23. The van der Waals surface area contributed by atoms with Crippen LogP contribution in [-0.4, -0.2) is 38.0 Å². The zero-order valence-corrected chi connectivity index (χ0v) is 13.2. The summed E-state index contributed by atoms with van der Waals surface area (Å²) in [5.74, 6) is 0. The summed E-state index contributed by atoms with van der Waals surface area (Å²) in [6.07, 6.45) is 6.11. The summed E-state index contributed by atoms with van der Waals surface area (Å²) < 4.78 is 2.13. The fourth-order valence-corrected chi connectivity index (χ4v) is 3.23. The van der Waals surface area contributed by atoms with E-state index in [1.165, 1.54) is 24.2 Å². The first-order valence-electron chi connectivity index (χ1n) is 7.83. The number of nitrogens with one attached hydrogen (secondary N) is 1. The van der Waals surface area contributed by atoms with Crippen LogP contribution in [0.4, 0.5) is 0 Å². The van der Waals surface area contributed by atoms with Gasteiger partial charge >= 0.3 is 0 Å². The summed E-state index contributed by atoms with van der Waals surface area (Å²) in [6, 6.07) is 4.68. The molecule has 5 heteroatoms. The molecule has 0 unspecified atom stereocenters. The highest BCUT2D eigenvalue weighted by Crippen LogP contribution is 2.34. The second-order valence-corrected chi connectivity index (χ2v) is 6.67. The number of nitrogens with zero attached hydrogens (tertiary/aromatic N) is 4. The Morgan fingerprint density at radius 1 is 1.24 bits per heavy atom. The zero-order valence-electron chi connectivity index (χ0n) is 13.2. The average molecular weight is 287 g/mol. The van der Waals surface area contributed by atoms with Crippen molar-refractivity contribution in [3.63, 3.8) is 0 Å². The zero-order chi connectivity index (χ0) is 14.9. The first kappa shape index (κ1) is 14.3. The lowest BCUT2D eigenvalue weighted by molar-refractivity contribution is 0.155. The number of aromatic amines is 1. The highest BCUT2D eigenvalue weighted by Gasteiger charge is 2.33. The first-order chi connectivity index (χ1) is 10.1. The molecule has 0 radical (unpaired) electrons. The van der Waals surface area contributed by atoms with E-state index in [0.29, 0.717) is 6.04 Å². The second kappa shape index (κ2) is 5.64. The molecule has 1 aliphatic rings. The van der Waals surface area contributed by atoms with Gasteiger partial charge in [0.05, 0.1) is 5.69 Å². The summed E-state index contributed by atoms with van der Waals surface area (Å²) in [5, 5.41) is 11.7. The minimum Gasteiger partial charge on any atom is -0.297 e. The third kappa shape index (κ3) is 2.88. The van der Waals surface area contributed by atoms with Crippen molar-refractivity contribution in [3.05, 3.63) is 35.9 Å². The Bertz CT molecular complexity index is 561. The van der Waals surface area contributed by atoms with Crippen LogP contribution < -0.4 is 0 Å². The molecule has 1 fully saturated rings. The molecule has 0 bridgehead atoms. The van der Waals surface area contributed by atoms with Crippen molar-refractivity contribution in [1.29, 1.82) is 0 Å².